The second-order valence-electron chi connectivity index (χ2n) is 6.76. The highest BCUT2D eigenvalue weighted by atomic mass is 35.5. The van der Waals surface area contributed by atoms with Gasteiger partial charge in [0.15, 0.2) is 5.16 Å². The standard InChI is InChI=1S/C19H21ClN4O2S/c1-11(2)9-24-18(26)17-15(8-12(3)21-17)23-19(24)27-10-16(25)22-14-6-4-13(20)5-7-14/h4-8,11,21H,9-10H2,1-3H3,(H,22,25). The van der Waals surface area contributed by atoms with Crippen LogP contribution in [0.3, 0.4) is 0 Å². The number of anilines is 1. The van der Waals surface area contributed by atoms with E-state index in [-0.39, 0.29) is 23.1 Å². The minimum absolute atomic E-state index is 0.109. The molecule has 2 heterocycles. The Labute approximate surface area is 166 Å². The molecular formula is C19H21ClN4O2S. The average Bonchev–Trinajstić information content (AvgIpc) is 2.98. The van der Waals surface area contributed by atoms with Crippen molar-refractivity contribution in [3.63, 3.8) is 0 Å². The number of fused-ring (bicyclic) bond motifs is 1. The lowest BCUT2D eigenvalue weighted by atomic mass is 10.2. The van der Waals surface area contributed by atoms with Crippen molar-refractivity contribution in [3.8, 4) is 0 Å². The molecule has 0 saturated heterocycles. The molecule has 0 aliphatic rings. The number of hydrogen-bond acceptors (Lipinski definition) is 4. The zero-order chi connectivity index (χ0) is 19.6. The molecule has 27 heavy (non-hydrogen) atoms. The number of amides is 1. The Bertz CT molecular complexity index is 1020. The van der Waals surface area contributed by atoms with Gasteiger partial charge in [-0.3, -0.25) is 14.2 Å². The number of carbonyl (C=O) groups excluding carboxylic acids is 1. The molecule has 0 saturated carbocycles. The lowest BCUT2D eigenvalue weighted by molar-refractivity contribution is -0.113. The van der Waals surface area contributed by atoms with Gasteiger partial charge in [-0.1, -0.05) is 37.2 Å². The molecule has 1 amide bonds. The second-order valence-corrected chi connectivity index (χ2v) is 8.14. The highest BCUT2D eigenvalue weighted by Crippen LogP contribution is 2.20. The Morgan fingerprint density at radius 1 is 1.33 bits per heavy atom. The van der Waals surface area contributed by atoms with Crippen molar-refractivity contribution in [1.82, 2.24) is 14.5 Å². The summed E-state index contributed by atoms with van der Waals surface area (Å²) in [5.41, 5.74) is 2.58. The Kier molecular flexibility index (Phi) is 5.92. The molecule has 8 heteroatoms. The first kappa shape index (κ1) is 19.5. The minimum Gasteiger partial charge on any atom is -0.353 e. The van der Waals surface area contributed by atoms with Gasteiger partial charge in [-0.05, 0) is 43.2 Å². The number of hydrogen-bond donors (Lipinski definition) is 2. The van der Waals surface area contributed by atoms with Gasteiger partial charge in [0.05, 0.1) is 11.3 Å². The average molecular weight is 405 g/mol. The summed E-state index contributed by atoms with van der Waals surface area (Å²) in [6.07, 6.45) is 0. The summed E-state index contributed by atoms with van der Waals surface area (Å²) in [7, 11) is 0. The van der Waals surface area contributed by atoms with Gasteiger partial charge in [0.1, 0.15) is 5.52 Å². The maximum atomic E-state index is 12.8. The highest BCUT2D eigenvalue weighted by Gasteiger charge is 2.15. The third kappa shape index (κ3) is 4.73. The summed E-state index contributed by atoms with van der Waals surface area (Å²) in [6, 6.07) is 8.76. The van der Waals surface area contributed by atoms with Crippen LogP contribution in [-0.4, -0.2) is 26.2 Å². The highest BCUT2D eigenvalue weighted by molar-refractivity contribution is 7.99. The zero-order valence-corrected chi connectivity index (χ0v) is 16.9. The van der Waals surface area contributed by atoms with Crippen LogP contribution in [0.1, 0.15) is 19.5 Å². The quantitative estimate of drug-likeness (QED) is 0.479. The van der Waals surface area contributed by atoms with E-state index >= 15 is 0 Å². The van der Waals surface area contributed by atoms with Gasteiger partial charge in [-0.2, -0.15) is 0 Å². The van der Waals surface area contributed by atoms with E-state index < -0.39 is 0 Å². The maximum Gasteiger partial charge on any atom is 0.278 e. The summed E-state index contributed by atoms with van der Waals surface area (Å²) in [6.45, 7) is 6.51. The van der Waals surface area contributed by atoms with Crippen LogP contribution in [0, 0.1) is 12.8 Å². The van der Waals surface area contributed by atoms with Crippen LogP contribution >= 0.6 is 23.4 Å². The monoisotopic (exact) mass is 404 g/mol. The molecule has 3 aromatic rings. The first-order valence-corrected chi connectivity index (χ1v) is 9.98. The number of aromatic amines is 1. The number of aryl methyl sites for hydroxylation is 1. The SMILES string of the molecule is Cc1cc2nc(SCC(=O)Nc3ccc(Cl)cc3)n(CC(C)C)c(=O)c2[nH]1. The molecule has 0 radical (unpaired) electrons. The number of rotatable bonds is 6. The number of thioether (sulfide) groups is 1. The van der Waals surface area contributed by atoms with Crippen LogP contribution in [0.15, 0.2) is 40.3 Å². The topological polar surface area (TPSA) is 79.8 Å². The Morgan fingerprint density at radius 2 is 2.04 bits per heavy atom. The van der Waals surface area contributed by atoms with Crippen LogP contribution in [0.4, 0.5) is 5.69 Å². The summed E-state index contributed by atoms with van der Waals surface area (Å²) >= 11 is 7.11. The smallest absolute Gasteiger partial charge is 0.278 e. The molecule has 0 fully saturated rings. The van der Waals surface area contributed by atoms with E-state index in [1.54, 1.807) is 28.8 Å². The normalized spacial score (nSPS) is 11.3. The summed E-state index contributed by atoms with van der Waals surface area (Å²) in [5, 5.41) is 3.97. The molecule has 142 valence electrons. The number of nitrogens with zero attached hydrogens (tertiary/aromatic N) is 2. The van der Waals surface area contributed by atoms with E-state index in [0.717, 1.165) is 5.69 Å². The second kappa shape index (κ2) is 8.19. The number of nitrogens with one attached hydrogen (secondary N) is 2. The largest absolute Gasteiger partial charge is 0.353 e. The van der Waals surface area contributed by atoms with Crippen LogP contribution < -0.4 is 10.9 Å². The number of H-pyrrole nitrogens is 1. The van der Waals surface area contributed by atoms with Crippen molar-refractivity contribution >= 4 is 46.0 Å². The number of halogens is 1. The zero-order valence-electron chi connectivity index (χ0n) is 15.4. The molecule has 0 atom stereocenters. The van der Waals surface area contributed by atoms with E-state index in [9.17, 15) is 9.59 Å². The first-order chi connectivity index (χ1) is 12.8. The van der Waals surface area contributed by atoms with Gasteiger partial charge in [-0.15, -0.1) is 0 Å². The predicted octanol–water partition coefficient (Wildman–Crippen LogP) is 4.07. The molecule has 0 aliphatic heterocycles. The third-order valence-corrected chi connectivity index (χ3v) is 5.07. The van der Waals surface area contributed by atoms with E-state index in [4.69, 9.17) is 11.6 Å². The van der Waals surface area contributed by atoms with Crippen molar-refractivity contribution in [2.24, 2.45) is 5.92 Å². The third-order valence-electron chi connectivity index (χ3n) is 3.85. The molecule has 6 nitrogen and oxygen atoms in total. The molecule has 2 N–H and O–H groups in total. The van der Waals surface area contributed by atoms with Gasteiger partial charge < -0.3 is 10.3 Å². The predicted molar refractivity (Wildman–Crippen MR) is 111 cm³/mol. The van der Waals surface area contributed by atoms with Crippen molar-refractivity contribution in [2.75, 3.05) is 11.1 Å². The van der Waals surface area contributed by atoms with Gasteiger partial charge in [0, 0.05) is 22.9 Å². The molecule has 1 aromatic carbocycles. The van der Waals surface area contributed by atoms with E-state index in [1.807, 2.05) is 26.8 Å². The van der Waals surface area contributed by atoms with E-state index in [0.29, 0.717) is 33.4 Å². The molecule has 0 unspecified atom stereocenters. The lowest BCUT2D eigenvalue weighted by Gasteiger charge is -2.13. The van der Waals surface area contributed by atoms with Gasteiger partial charge in [0.25, 0.3) is 5.56 Å². The number of benzene rings is 1. The molecule has 3 rings (SSSR count). The van der Waals surface area contributed by atoms with Crippen molar-refractivity contribution in [3.05, 3.63) is 51.4 Å². The fourth-order valence-electron chi connectivity index (χ4n) is 2.71. The summed E-state index contributed by atoms with van der Waals surface area (Å²) in [5.74, 6) is 0.264. The van der Waals surface area contributed by atoms with Gasteiger partial charge in [-0.25, -0.2) is 4.98 Å². The minimum atomic E-state index is -0.169. The fraction of sp³-hybridized carbons (Fsp3) is 0.316. The summed E-state index contributed by atoms with van der Waals surface area (Å²) < 4.78 is 1.64. The van der Waals surface area contributed by atoms with Crippen LogP contribution in [0.2, 0.25) is 5.02 Å². The van der Waals surface area contributed by atoms with Crippen molar-refractivity contribution in [1.29, 1.82) is 0 Å². The Morgan fingerprint density at radius 3 is 2.70 bits per heavy atom. The molecule has 0 bridgehead atoms. The van der Waals surface area contributed by atoms with E-state index in [2.05, 4.69) is 15.3 Å². The van der Waals surface area contributed by atoms with Crippen molar-refractivity contribution in [2.45, 2.75) is 32.5 Å². The Balaban J connectivity index is 1.81. The fourth-order valence-corrected chi connectivity index (χ4v) is 3.64. The Hall–Kier alpha value is -2.25. The molecule has 2 aromatic heterocycles. The molecular weight excluding hydrogens is 384 g/mol. The van der Waals surface area contributed by atoms with Crippen LogP contribution in [-0.2, 0) is 11.3 Å². The van der Waals surface area contributed by atoms with Crippen LogP contribution in [0.25, 0.3) is 11.0 Å². The molecule has 0 aliphatic carbocycles. The summed E-state index contributed by atoms with van der Waals surface area (Å²) in [4.78, 5) is 32.8. The number of carbonyl (C=O) groups is 1. The lowest BCUT2D eigenvalue weighted by Crippen LogP contribution is -2.26. The van der Waals surface area contributed by atoms with E-state index in [1.165, 1.54) is 11.8 Å². The van der Waals surface area contributed by atoms with Gasteiger partial charge >= 0.3 is 0 Å². The number of aromatic nitrogens is 3. The molecule has 0 spiro atoms. The van der Waals surface area contributed by atoms with Gasteiger partial charge in [0.2, 0.25) is 5.91 Å². The first-order valence-electron chi connectivity index (χ1n) is 8.62. The van der Waals surface area contributed by atoms with Crippen LogP contribution in [0.5, 0.6) is 0 Å². The van der Waals surface area contributed by atoms with Crippen molar-refractivity contribution < 1.29 is 4.79 Å². The maximum absolute atomic E-state index is 12.8.